The number of phenols is 1. The van der Waals surface area contributed by atoms with Crippen molar-refractivity contribution in [1.29, 1.82) is 0 Å². The minimum Gasteiger partial charge on any atom is -0.505 e. The van der Waals surface area contributed by atoms with Crippen LogP contribution in [0.5, 0.6) is 5.75 Å². The van der Waals surface area contributed by atoms with Gasteiger partial charge in [-0.15, -0.1) is 10.2 Å². The van der Waals surface area contributed by atoms with Crippen LogP contribution in [0.15, 0.2) is 53.1 Å². The number of aromatic hydroxyl groups is 1. The highest BCUT2D eigenvalue weighted by atomic mass is 79.9. The van der Waals surface area contributed by atoms with Crippen molar-refractivity contribution in [2.24, 2.45) is 0 Å². The summed E-state index contributed by atoms with van der Waals surface area (Å²) in [5, 5.41) is 19.3. The summed E-state index contributed by atoms with van der Waals surface area (Å²) in [7, 11) is 0. The molecule has 0 aliphatic heterocycles. The van der Waals surface area contributed by atoms with Gasteiger partial charge in [0.25, 0.3) is 0 Å². The molecule has 0 aliphatic carbocycles. The van der Waals surface area contributed by atoms with Gasteiger partial charge in [0.1, 0.15) is 11.2 Å². The van der Waals surface area contributed by atoms with Crippen molar-refractivity contribution < 1.29 is 5.11 Å². The smallest absolute Gasteiger partial charge is 0.187 e. The molecule has 0 saturated carbocycles. The van der Waals surface area contributed by atoms with Crippen LogP contribution >= 0.6 is 15.9 Å². The van der Waals surface area contributed by atoms with Crippen LogP contribution in [0.4, 0.5) is 0 Å². The molecule has 0 spiro atoms. The Balaban J connectivity index is 2.00. The van der Waals surface area contributed by atoms with Crippen molar-refractivity contribution in [1.82, 2.24) is 19.6 Å². The molecule has 0 unspecified atom stereocenters. The molecule has 1 N–H and O–H groups in total. The fourth-order valence-corrected chi connectivity index (χ4v) is 2.61. The molecular formula is C15H9BrN4O. The van der Waals surface area contributed by atoms with Crippen LogP contribution in [-0.4, -0.2) is 24.7 Å². The molecule has 5 nitrogen and oxygen atoms in total. The second-order valence-electron chi connectivity index (χ2n) is 4.62. The van der Waals surface area contributed by atoms with Crippen LogP contribution in [0.2, 0.25) is 0 Å². The zero-order valence-electron chi connectivity index (χ0n) is 10.7. The fourth-order valence-electron chi connectivity index (χ4n) is 2.29. The predicted octanol–water partition coefficient (Wildman–Crippen LogP) is 3.41. The average Bonchev–Trinajstić information content (AvgIpc) is 2.95. The lowest BCUT2D eigenvalue weighted by Crippen LogP contribution is -1.92. The third kappa shape index (κ3) is 1.87. The number of hydrogen-bond acceptors (Lipinski definition) is 4. The van der Waals surface area contributed by atoms with Gasteiger partial charge in [-0.3, -0.25) is 4.40 Å². The van der Waals surface area contributed by atoms with E-state index in [0.29, 0.717) is 21.5 Å². The number of fused-ring (bicyclic) bond motifs is 2. The number of rotatable bonds is 1. The Morgan fingerprint density at radius 3 is 2.76 bits per heavy atom. The standard InChI is InChI=1S/C15H9BrN4O/c16-10-6-4-9-5-7-11(17-13(9)14(10)21)15-19-18-12-3-1-2-8-20(12)15/h1-8,21H. The van der Waals surface area contributed by atoms with E-state index >= 15 is 0 Å². The summed E-state index contributed by atoms with van der Waals surface area (Å²) in [6.45, 7) is 0. The van der Waals surface area contributed by atoms with Crippen molar-refractivity contribution in [3.05, 3.63) is 53.1 Å². The molecular weight excluding hydrogens is 332 g/mol. The lowest BCUT2D eigenvalue weighted by molar-refractivity contribution is 0.477. The van der Waals surface area contributed by atoms with Gasteiger partial charge in [-0.05, 0) is 40.2 Å². The van der Waals surface area contributed by atoms with Crippen LogP contribution < -0.4 is 0 Å². The molecule has 0 saturated heterocycles. The summed E-state index contributed by atoms with van der Waals surface area (Å²) >= 11 is 3.31. The van der Waals surface area contributed by atoms with Crippen molar-refractivity contribution in [3.63, 3.8) is 0 Å². The summed E-state index contributed by atoms with van der Waals surface area (Å²) in [4.78, 5) is 4.52. The van der Waals surface area contributed by atoms with Gasteiger partial charge in [-0.1, -0.05) is 18.2 Å². The Kier molecular flexibility index (Phi) is 2.65. The van der Waals surface area contributed by atoms with Gasteiger partial charge in [0.05, 0.1) is 4.47 Å². The van der Waals surface area contributed by atoms with E-state index < -0.39 is 0 Å². The van der Waals surface area contributed by atoms with Gasteiger partial charge in [-0.2, -0.15) is 0 Å². The first-order valence-electron chi connectivity index (χ1n) is 6.32. The van der Waals surface area contributed by atoms with Gasteiger partial charge in [-0.25, -0.2) is 4.98 Å². The maximum atomic E-state index is 10.1. The number of aromatic nitrogens is 4. The Hall–Kier alpha value is -2.47. The second kappa shape index (κ2) is 4.53. The normalized spacial score (nSPS) is 11.3. The zero-order chi connectivity index (χ0) is 14.4. The van der Waals surface area contributed by atoms with Gasteiger partial charge in [0.15, 0.2) is 17.2 Å². The highest BCUT2D eigenvalue weighted by Gasteiger charge is 2.12. The number of halogens is 1. The van der Waals surface area contributed by atoms with E-state index in [0.717, 1.165) is 11.0 Å². The van der Waals surface area contributed by atoms with Crippen molar-refractivity contribution in [2.75, 3.05) is 0 Å². The molecule has 4 aromatic rings. The molecule has 1 aromatic carbocycles. The predicted molar refractivity (Wildman–Crippen MR) is 83.1 cm³/mol. The Morgan fingerprint density at radius 2 is 1.86 bits per heavy atom. The summed E-state index contributed by atoms with van der Waals surface area (Å²) in [5.41, 5.74) is 1.96. The van der Waals surface area contributed by atoms with Gasteiger partial charge < -0.3 is 5.11 Å². The molecule has 0 atom stereocenters. The summed E-state index contributed by atoms with van der Waals surface area (Å²) in [6.07, 6.45) is 1.89. The Labute approximate surface area is 128 Å². The third-order valence-electron chi connectivity index (χ3n) is 3.33. The summed E-state index contributed by atoms with van der Waals surface area (Å²) in [5.74, 6) is 0.773. The molecule has 102 valence electrons. The van der Waals surface area contributed by atoms with Crippen LogP contribution in [0.25, 0.3) is 28.1 Å². The molecule has 0 bridgehead atoms. The maximum absolute atomic E-state index is 10.1. The SMILES string of the molecule is Oc1c(Br)ccc2ccc(-c3nnc4ccccn34)nc12. The molecule has 0 fully saturated rings. The molecule has 21 heavy (non-hydrogen) atoms. The number of phenolic OH excluding ortho intramolecular Hbond substituents is 1. The van der Waals surface area contributed by atoms with Crippen LogP contribution in [0.3, 0.4) is 0 Å². The van der Waals surface area contributed by atoms with Crippen molar-refractivity contribution >= 4 is 32.5 Å². The molecule has 6 heteroatoms. The van der Waals surface area contributed by atoms with Crippen LogP contribution in [0, 0.1) is 0 Å². The van der Waals surface area contributed by atoms with E-state index in [1.165, 1.54) is 0 Å². The first kappa shape index (κ1) is 12.3. The lowest BCUT2D eigenvalue weighted by atomic mass is 10.2. The largest absolute Gasteiger partial charge is 0.505 e. The molecule has 0 amide bonds. The molecule has 3 aromatic heterocycles. The van der Waals surface area contributed by atoms with E-state index in [1.54, 1.807) is 6.07 Å². The quantitative estimate of drug-likeness (QED) is 0.576. The molecule has 0 radical (unpaired) electrons. The highest BCUT2D eigenvalue weighted by molar-refractivity contribution is 9.10. The Bertz CT molecular complexity index is 980. The molecule has 4 rings (SSSR count). The summed E-state index contributed by atoms with van der Waals surface area (Å²) in [6, 6.07) is 13.2. The second-order valence-corrected chi connectivity index (χ2v) is 5.47. The number of benzene rings is 1. The zero-order valence-corrected chi connectivity index (χ0v) is 12.3. The van der Waals surface area contributed by atoms with Gasteiger partial charge >= 0.3 is 0 Å². The van der Waals surface area contributed by atoms with E-state index in [9.17, 15) is 5.11 Å². The minimum atomic E-state index is 0.128. The summed E-state index contributed by atoms with van der Waals surface area (Å²) < 4.78 is 2.48. The van der Waals surface area contributed by atoms with Gasteiger partial charge in [0.2, 0.25) is 0 Å². The number of pyridine rings is 2. The van der Waals surface area contributed by atoms with Gasteiger partial charge in [0, 0.05) is 11.6 Å². The topological polar surface area (TPSA) is 63.3 Å². The monoisotopic (exact) mass is 340 g/mol. The Morgan fingerprint density at radius 1 is 1.00 bits per heavy atom. The van der Waals surface area contributed by atoms with Crippen LogP contribution in [0.1, 0.15) is 0 Å². The van der Waals surface area contributed by atoms with E-state index in [2.05, 4.69) is 31.1 Å². The maximum Gasteiger partial charge on any atom is 0.187 e. The van der Waals surface area contributed by atoms with Crippen LogP contribution in [-0.2, 0) is 0 Å². The first-order valence-corrected chi connectivity index (χ1v) is 7.12. The fraction of sp³-hybridized carbons (Fsp3) is 0. The number of hydrogen-bond donors (Lipinski definition) is 1. The third-order valence-corrected chi connectivity index (χ3v) is 3.97. The van der Waals surface area contributed by atoms with Crippen molar-refractivity contribution in [2.45, 2.75) is 0 Å². The lowest BCUT2D eigenvalue weighted by Gasteiger charge is -2.05. The number of nitrogens with zero attached hydrogens (tertiary/aromatic N) is 4. The van der Waals surface area contributed by atoms with E-state index in [1.807, 2.05) is 47.0 Å². The molecule has 0 aliphatic rings. The first-order chi connectivity index (χ1) is 10.2. The van der Waals surface area contributed by atoms with E-state index in [4.69, 9.17) is 0 Å². The highest BCUT2D eigenvalue weighted by Crippen LogP contribution is 2.32. The van der Waals surface area contributed by atoms with Crippen molar-refractivity contribution in [3.8, 4) is 17.3 Å². The average molecular weight is 341 g/mol. The van der Waals surface area contributed by atoms with E-state index in [-0.39, 0.29) is 5.75 Å². The molecule has 3 heterocycles. The minimum absolute atomic E-state index is 0.128.